The van der Waals surface area contributed by atoms with Gasteiger partial charge in [-0.25, -0.2) is 22.5 Å². The maximum absolute atomic E-state index is 13.7. The van der Waals surface area contributed by atoms with Gasteiger partial charge in [0.25, 0.3) is 0 Å². The second kappa shape index (κ2) is 6.87. The molecule has 0 aliphatic heterocycles. The molecule has 134 valence electrons. The molecule has 0 unspecified atom stereocenters. The Morgan fingerprint density at radius 1 is 1.04 bits per heavy atom. The van der Waals surface area contributed by atoms with Gasteiger partial charge in [-0.1, -0.05) is 0 Å². The SMILES string of the molecule is O=C([O-])c1cnc(NCc2c(F)ccc(F)c2F)n1-c1ccc(F)cc1. The van der Waals surface area contributed by atoms with E-state index in [2.05, 4.69) is 10.3 Å². The highest BCUT2D eigenvalue weighted by Gasteiger charge is 2.17. The first-order chi connectivity index (χ1) is 12.4. The lowest BCUT2D eigenvalue weighted by molar-refractivity contribution is -0.255. The fourth-order valence-electron chi connectivity index (χ4n) is 2.37. The zero-order chi connectivity index (χ0) is 18.8. The summed E-state index contributed by atoms with van der Waals surface area (Å²) in [4.78, 5) is 15.1. The van der Waals surface area contributed by atoms with Crippen molar-refractivity contribution < 1.29 is 27.5 Å². The molecule has 0 bridgehead atoms. The second-order valence-electron chi connectivity index (χ2n) is 5.24. The van der Waals surface area contributed by atoms with Crippen molar-refractivity contribution in [2.24, 2.45) is 0 Å². The number of nitrogens with zero attached hydrogens (tertiary/aromatic N) is 2. The van der Waals surface area contributed by atoms with E-state index in [9.17, 15) is 27.5 Å². The van der Waals surface area contributed by atoms with Crippen molar-refractivity contribution in [2.45, 2.75) is 6.54 Å². The molecule has 3 aromatic rings. The van der Waals surface area contributed by atoms with Gasteiger partial charge in [0.2, 0.25) is 5.95 Å². The average Bonchev–Trinajstić information content (AvgIpc) is 3.03. The Bertz CT molecular complexity index is 971. The summed E-state index contributed by atoms with van der Waals surface area (Å²) < 4.78 is 54.9. The molecule has 0 saturated heterocycles. The number of carbonyl (C=O) groups is 1. The van der Waals surface area contributed by atoms with Gasteiger partial charge < -0.3 is 15.2 Å². The van der Waals surface area contributed by atoms with E-state index < -0.39 is 41.3 Å². The molecule has 9 heteroatoms. The Morgan fingerprint density at radius 2 is 1.69 bits per heavy atom. The van der Waals surface area contributed by atoms with Crippen molar-refractivity contribution in [2.75, 3.05) is 5.32 Å². The highest BCUT2D eigenvalue weighted by Crippen LogP contribution is 2.21. The molecule has 0 aliphatic rings. The Labute approximate surface area is 144 Å². The van der Waals surface area contributed by atoms with Crippen LogP contribution in [-0.2, 0) is 6.54 Å². The predicted octanol–water partition coefficient (Wildman–Crippen LogP) is 2.40. The van der Waals surface area contributed by atoms with Crippen LogP contribution in [-0.4, -0.2) is 15.5 Å². The Balaban J connectivity index is 1.98. The lowest BCUT2D eigenvalue weighted by Crippen LogP contribution is -2.25. The summed E-state index contributed by atoms with van der Waals surface area (Å²) in [5.41, 5.74) is -0.710. The fraction of sp³-hybridized carbons (Fsp3) is 0.0588. The van der Waals surface area contributed by atoms with Gasteiger partial charge in [-0.3, -0.25) is 4.57 Å². The van der Waals surface area contributed by atoms with Crippen LogP contribution < -0.4 is 10.4 Å². The van der Waals surface area contributed by atoms with Crippen molar-refractivity contribution in [3.05, 3.63) is 77.1 Å². The van der Waals surface area contributed by atoms with Gasteiger partial charge >= 0.3 is 0 Å². The summed E-state index contributed by atoms with van der Waals surface area (Å²) >= 11 is 0. The molecule has 0 spiro atoms. The van der Waals surface area contributed by atoms with Crippen LogP contribution in [0.25, 0.3) is 5.69 Å². The Hall–Kier alpha value is -3.36. The number of halogens is 4. The molecule has 0 amide bonds. The van der Waals surface area contributed by atoms with Crippen LogP contribution in [0, 0.1) is 23.3 Å². The lowest BCUT2D eigenvalue weighted by Gasteiger charge is -2.14. The molecule has 26 heavy (non-hydrogen) atoms. The number of carbonyl (C=O) groups excluding carboxylic acids is 1. The van der Waals surface area contributed by atoms with Gasteiger partial charge in [0.1, 0.15) is 11.6 Å². The first-order valence-corrected chi connectivity index (χ1v) is 7.29. The molecule has 0 atom stereocenters. The van der Waals surface area contributed by atoms with Gasteiger partial charge in [-0.2, -0.15) is 0 Å². The Kier molecular flexibility index (Phi) is 4.61. The lowest BCUT2D eigenvalue weighted by atomic mass is 10.2. The van der Waals surface area contributed by atoms with E-state index in [1.807, 2.05) is 0 Å². The van der Waals surface area contributed by atoms with Crippen LogP contribution in [0.5, 0.6) is 0 Å². The standard InChI is InChI=1S/C17H11F4N3O2/c18-9-1-3-10(4-2-9)24-14(16(25)26)8-23-17(24)22-7-11-12(19)5-6-13(20)15(11)21/h1-6,8H,7H2,(H,22,23)(H,25,26)/p-1. The minimum absolute atomic E-state index is 0.0983. The molecule has 0 radical (unpaired) electrons. The van der Waals surface area contributed by atoms with Gasteiger partial charge in [-0.15, -0.1) is 0 Å². The topological polar surface area (TPSA) is 70.0 Å². The molecule has 1 N–H and O–H groups in total. The number of carboxylic acids is 1. The molecule has 5 nitrogen and oxygen atoms in total. The third-order valence-electron chi connectivity index (χ3n) is 3.62. The van der Waals surface area contributed by atoms with Crippen LogP contribution in [0.3, 0.4) is 0 Å². The summed E-state index contributed by atoms with van der Waals surface area (Å²) in [6, 6.07) is 6.21. The molecular formula is C17H10F4N3O2-. The van der Waals surface area contributed by atoms with Crippen molar-refractivity contribution in [1.82, 2.24) is 9.55 Å². The van der Waals surface area contributed by atoms with E-state index in [1.165, 1.54) is 12.1 Å². The van der Waals surface area contributed by atoms with Crippen LogP contribution in [0.15, 0.2) is 42.6 Å². The summed E-state index contributed by atoms with van der Waals surface area (Å²) in [6.45, 7) is -0.500. The maximum atomic E-state index is 13.7. The van der Waals surface area contributed by atoms with Crippen molar-refractivity contribution in [3.8, 4) is 5.69 Å². The van der Waals surface area contributed by atoms with Crippen molar-refractivity contribution in [3.63, 3.8) is 0 Å². The third-order valence-corrected chi connectivity index (χ3v) is 3.62. The van der Waals surface area contributed by atoms with E-state index in [-0.39, 0.29) is 17.3 Å². The van der Waals surface area contributed by atoms with Crippen LogP contribution in [0.4, 0.5) is 23.5 Å². The predicted molar refractivity (Wildman–Crippen MR) is 81.5 cm³/mol. The van der Waals surface area contributed by atoms with Crippen molar-refractivity contribution >= 4 is 11.9 Å². The van der Waals surface area contributed by atoms with E-state index >= 15 is 0 Å². The number of benzene rings is 2. The first kappa shape index (κ1) is 17.5. The zero-order valence-electron chi connectivity index (χ0n) is 13.0. The molecule has 0 saturated carbocycles. The number of rotatable bonds is 5. The van der Waals surface area contributed by atoms with E-state index in [4.69, 9.17) is 0 Å². The molecule has 1 heterocycles. The fourth-order valence-corrected chi connectivity index (χ4v) is 2.37. The number of nitrogens with one attached hydrogen (secondary N) is 1. The largest absolute Gasteiger partial charge is 0.543 e. The quantitative estimate of drug-likeness (QED) is 0.558. The van der Waals surface area contributed by atoms with Gasteiger partial charge in [-0.05, 0) is 36.4 Å². The van der Waals surface area contributed by atoms with E-state index in [1.54, 1.807) is 0 Å². The number of anilines is 1. The molecular weight excluding hydrogens is 354 g/mol. The van der Waals surface area contributed by atoms with Gasteiger partial charge in [0.15, 0.2) is 11.6 Å². The van der Waals surface area contributed by atoms with Gasteiger partial charge in [0, 0.05) is 17.8 Å². The molecule has 0 aliphatic carbocycles. The van der Waals surface area contributed by atoms with Crippen LogP contribution in [0.2, 0.25) is 0 Å². The molecule has 3 rings (SSSR count). The number of carboxylic acid groups (broad SMARTS) is 1. The number of aromatic nitrogens is 2. The third kappa shape index (κ3) is 3.23. The summed E-state index contributed by atoms with van der Waals surface area (Å²) in [5.74, 6) is -5.76. The molecule has 1 aromatic heterocycles. The van der Waals surface area contributed by atoms with Crippen LogP contribution in [0.1, 0.15) is 16.1 Å². The number of hydrogen-bond donors (Lipinski definition) is 1. The minimum atomic E-state index is -1.56. The number of hydrogen-bond acceptors (Lipinski definition) is 4. The van der Waals surface area contributed by atoms with Crippen molar-refractivity contribution in [1.29, 1.82) is 0 Å². The summed E-state index contributed by atoms with van der Waals surface area (Å²) in [7, 11) is 0. The minimum Gasteiger partial charge on any atom is -0.543 e. The Morgan fingerprint density at radius 3 is 2.35 bits per heavy atom. The van der Waals surface area contributed by atoms with E-state index in [0.29, 0.717) is 6.07 Å². The number of imidazole rings is 1. The number of aromatic carboxylic acids is 1. The van der Waals surface area contributed by atoms with E-state index in [0.717, 1.165) is 29.0 Å². The summed E-state index contributed by atoms with van der Waals surface area (Å²) in [6.07, 6.45) is 0.972. The van der Waals surface area contributed by atoms with Crippen LogP contribution >= 0.6 is 0 Å². The first-order valence-electron chi connectivity index (χ1n) is 7.29. The normalized spacial score (nSPS) is 10.8. The van der Waals surface area contributed by atoms with Gasteiger partial charge in [0.05, 0.1) is 17.9 Å². The highest BCUT2D eigenvalue weighted by atomic mass is 19.2. The average molecular weight is 364 g/mol. The monoisotopic (exact) mass is 364 g/mol. The second-order valence-corrected chi connectivity index (χ2v) is 5.24. The highest BCUT2D eigenvalue weighted by molar-refractivity contribution is 5.85. The molecule has 0 fully saturated rings. The smallest absolute Gasteiger partial charge is 0.208 e. The maximum Gasteiger partial charge on any atom is 0.208 e. The molecule has 2 aromatic carbocycles. The zero-order valence-corrected chi connectivity index (χ0v) is 13.0. The summed E-state index contributed by atoms with van der Waals surface area (Å²) in [5, 5.41) is 13.8.